The quantitative estimate of drug-likeness (QED) is 0.825. The summed E-state index contributed by atoms with van der Waals surface area (Å²) in [5.74, 6) is 0.543. The van der Waals surface area contributed by atoms with Crippen LogP contribution >= 0.6 is 0 Å². The number of aromatic amines is 1. The van der Waals surface area contributed by atoms with Gasteiger partial charge in [0.2, 0.25) is 0 Å². The highest BCUT2D eigenvalue weighted by molar-refractivity contribution is 5.56. The molecule has 0 saturated carbocycles. The fraction of sp³-hybridized carbons (Fsp3) is 0.0833. The summed E-state index contributed by atoms with van der Waals surface area (Å²) < 4.78 is 12.7. The summed E-state index contributed by atoms with van der Waals surface area (Å²) in [7, 11) is 0. The van der Waals surface area contributed by atoms with Gasteiger partial charge in [-0.1, -0.05) is 12.1 Å². The summed E-state index contributed by atoms with van der Waals surface area (Å²) in [6.07, 6.45) is 1.79. The van der Waals surface area contributed by atoms with Crippen molar-refractivity contribution in [2.75, 3.05) is 11.1 Å². The molecular weight excluding hydrogens is 205 g/mol. The summed E-state index contributed by atoms with van der Waals surface area (Å²) in [4.78, 5) is 3.01. The third-order valence-corrected chi connectivity index (χ3v) is 2.27. The van der Waals surface area contributed by atoms with Crippen LogP contribution in [0.1, 0.15) is 5.56 Å². The Bertz CT molecular complexity index is 468. The predicted molar refractivity (Wildman–Crippen MR) is 61.1 cm³/mol. The lowest BCUT2D eigenvalue weighted by atomic mass is 10.2. The van der Waals surface area contributed by atoms with Crippen LogP contribution in [0.25, 0.3) is 0 Å². The Balaban J connectivity index is 2.02. The number of H-pyrrole nitrogens is 1. The molecule has 1 aromatic heterocycles. The summed E-state index contributed by atoms with van der Waals surface area (Å²) in [6, 6.07) is 10.00. The number of nitrogens with two attached hydrogens (primary N) is 1. The van der Waals surface area contributed by atoms with E-state index in [1.165, 1.54) is 12.1 Å². The van der Waals surface area contributed by atoms with Gasteiger partial charge in [-0.15, -0.1) is 0 Å². The van der Waals surface area contributed by atoms with E-state index in [0.29, 0.717) is 12.2 Å². The van der Waals surface area contributed by atoms with Crippen molar-refractivity contribution in [2.45, 2.75) is 6.54 Å². The van der Waals surface area contributed by atoms with Crippen LogP contribution in [-0.4, -0.2) is 0 Å². The molecule has 2 aromatic rings. The highest BCUT2D eigenvalue weighted by Crippen LogP contribution is 2.11. The minimum Gasteiger partial charge on any atom is -0.392 e. The second-order valence-corrected chi connectivity index (χ2v) is 3.48. The topological polar surface area (TPSA) is 52.2 Å². The molecule has 0 aliphatic carbocycles. The molecule has 0 saturated heterocycles. The molecule has 16 heavy (non-hydrogen) atoms. The minimum atomic E-state index is -0.227. The number of nitrogen functional groups attached to an aromatic ring is 1. The molecule has 1 heterocycles. The molecule has 2 rings (SSSR count). The van der Waals surface area contributed by atoms with Crippen LogP contribution in [0.15, 0.2) is 42.6 Å². The van der Waals surface area contributed by atoms with Gasteiger partial charge in [-0.2, -0.15) is 0 Å². The average molecular weight is 218 g/mol. The average Bonchev–Trinajstić information content (AvgIpc) is 2.30. The number of anilines is 2. The third-order valence-electron chi connectivity index (χ3n) is 2.27. The summed E-state index contributed by atoms with van der Waals surface area (Å²) in [6.45, 7) is 0.602. The molecule has 1 aromatic carbocycles. The van der Waals surface area contributed by atoms with Crippen molar-refractivity contribution in [3.05, 3.63) is 54.0 Å². The van der Waals surface area contributed by atoms with E-state index in [9.17, 15) is 4.39 Å². The molecule has 4 heteroatoms. The Morgan fingerprint density at radius 2 is 1.94 bits per heavy atom. The van der Waals surface area contributed by atoms with Crippen LogP contribution in [0.3, 0.4) is 0 Å². The number of hydrogen-bond acceptors (Lipinski definition) is 2. The van der Waals surface area contributed by atoms with E-state index in [2.05, 4.69) is 10.3 Å². The number of hydrogen-bond donors (Lipinski definition) is 2. The summed E-state index contributed by atoms with van der Waals surface area (Å²) in [5.41, 5.74) is 7.41. The zero-order valence-electron chi connectivity index (χ0n) is 8.70. The first-order valence-electron chi connectivity index (χ1n) is 5.00. The maximum absolute atomic E-state index is 12.7. The molecule has 0 radical (unpaired) electrons. The second kappa shape index (κ2) is 4.61. The van der Waals surface area contributed by atoms with Crippen molar-refractivity contribution in [1.29, 1.82) is 0 Å². The van der Waals surface area contributed by atoms with Crippen LogP contribution in [0.2, 0.25) is 0 Å². The standard InChI is InChI=1S/C12H12FN3/c13-10-5-3-9(4-6-10)8-16-12-11(14)2-1-7-15-12/h1-7H,8,14H2,(H,15,16)/p+1. The van der Waals surface area contributed by atoms with E-state index in [-0.39, 0.29) is 5.82 Å². The van der Waals surface area contributed by atoms with Gasteiger partial charge in [0.05, 0.1) is 6.20 Å². The van der Waals surface area contributed by atoms with Gasteiger partial charge in [0, 0.05) is 0 Å². The lowest BCUT2D eigenvalue weighted by molar-refractivity contribution is -0.360. The van der Waals surface area contributed by atoms with Crippen LogP contribution in [0.4, 0.5) is 15.9 Å². The Labute approximate surface area is 93.1 Å². The van der Waals surface area contributed by atoms with Crippen LogP contribution in [0, 0.1) is 5.82 Å². The Morgan fingerprint density at radius 1 is 1.19 bits per heavy atom. The van der Waals surface area contributed by atoms with E-state index >= 15 is 0 Å². The molecular formula is C12H13FN3+. The first kappa shape index (κ1) is 10.4. The zero-order chi connectivity index (χ0) is 11.4. The number of halogens is 1. The monoisotopic (exact) mass is 218 g/mol. The Hall–Kier alpha value is -2.10. The molecule has 0 aliphatic heterocycles. The van der Waals surface area contributed by atoms with Crippen LogP contribution < -0.4 is 16.0 Å². The molecule has 0 amide bonds. The maximum Gasteiger partial charge on any atom is 0.295 e. The van der Waals surface area contributed by atoms with E-state index in [0.717, 1.165) is 11.4 Å². The van der Waals surface area contributed by atoms with Crippen LogP contribution in [0.5, 0.6) is 0 Å². The van der Waals surface area contributed by atoms with Gasteiger partial charge < -0.3 is 5.73 Å². The van der Waals surface area contributed by atoms with Crippen molar-refractivity contribution >= 4 is 11.5 Å². The lowest BCUT2D eigenvalue weighted by Crippen LogP contribution is -2.14. The number of nitrogens with one attached hydrogen (secondary N) is 2. The molecule has 0 aliphatic rings. The van der Waals surface area contributed by atoms with Gasteiger partial charge in [-0.3, -0.25) is 5.32 Å². The molecule has 0 unspecified atom stereocenters. The first-order valence-corrected chi connectivity index (χ1v) is 5.00. The van der Waals surface area contributed by atoms with E-state index < -0.39 is 0 Å². The zero-order valence-corrected chi connectivity index (χ0v) is 8.70. The van der Waals surface area contributed by atoms with Gasteiger partial charge in [0.25, 0.3) is 5.82 Å². The molecule has 3 nitrogen and oxygen atoms in total. The van der Waals surface area contributed by atoms with Gasteiger partial charge in [-0.25, -0.2) is 9.37 Å². The van der Waals surface area contributed by atoms with Crippen molar-refractivity contribution in [3.8, 4) is 0 Å². The summed E-state index contributed by atoms with van der Waals surface area (Å²) >= 11 is 0. The Kier molecular flexibility index (Phi) is 3.00. The highest BCUT2D eigenvalue weighted by atomic mass is 19.1. The molecule has 4 N–H and O–H groups in total. The molecule has 0 spiro atoms. The van der Waals surface area contributed by atoms with Gasteiger partial charge in [0.15, 0.2) is 0 Å². The van der Waals surface area contributed by atoms with Gasteiger partial charge in [0.1, 0.15) is 18.0 Å². The number of benzene rings is 1. The number of pyridine rings is 1. The van der Waals surface area contributed by atoms with Crippen molar-refractivity contribution in [1.82, 2.24) is 0 Å². The maximum atomic E-state index is 12.7. The first-order chi connectivity index (χ1) is 7.75. The van der Waals surface area contributed by atoms with Gasteiger partial charge >= 0.3 is 0 Å². The smallest absolute Gasteiger partial charge is 0.295 e. The fourth-order valence-corrected chi connectivity index (χ4v) is 1.40. The van der Waals surface area contributed by atoms with E-state index in [1.807, 2.05) is 12.1 Å². The highest BCUT2D eigenvalue weighted by Gasteiger charge is 2.05. The van der Waals surface area contributed by atoms with E-state index in [1.54, 1.807) is 18.3 Å². The second-order valence-electron chi connectivity index (χ2n) is 3.48. The normalized spacial score (nSPS) is 10.1. The predicted octanol–water partition coefficient (Wildman–Crippen LogP) is 1.83. The largest absolute Gasteiger partial charge is 0.392 e. The lowest BCUT2D eigenvalue weighted by Gasteiger charge is -2.01. The molecule has 0 fully saturated rings. The van der Waals surface area contributed by atoms with Crippen molar-refractivity contribution in [3.63, 3.8) is 0 Å². The molecule has 82 valence electrons. The van der Waals surface area contributed by atoms with Crippen molar-refractivity contribution < 1.29 is 9.37 Å². The number of rotatable bonds is 3. The Morgan fingerprint density at radius 3 is 2.62 bits per heavy atom. The third kappa shape index (κ3) is 2.48. The SMILES string of the molecule is Nc1ccc[nH+]c1NCc1ccc(F)cc1. The number of aromatic nitrogens is 1. The van der Waals surface area contributed by atoms with E-state index in [4.69, 9.17) is 5.73 Å². The fourth-order valence-electron chi connectivity index (χ4n) is 1.40. The van der Waals surface area contributed by atoms with Crippen molar-refractivity contribution in [2.24, 2.45) is 0 Å². The summed E-state index contributed by atoms with van der Waals surface area (Å²) in [5, 5.41) is 3.15. The molecule has 0 bridgehead atoms. The van der Waals surface area contributed by atoms with Gasteiger partial charge in [-0.05, 0) is 29.8 Å². The minimum absolute atomic E-state index is 0.227. The molecule has 0 atom stereocenters. The van der Waals surface area contributed by atoms with Crippen LogP contribution in [-0.2, 0) is 6.54 Å².